The van der Waals surface area contributed by atoms with E-state index in [-0.39, 0.29) is 12.3 Å². The molecule has 4 N–H and O–H groups in total. The van der Waals surface area contributed by atoms with Gasteiger partial charge in [-0.25, -0.2) is 9.78 Å². The molecule has 0 unspecified atom stereocenters. The Morgan fingerprint density at radius 2 is 2.14 bits per heavy atom. The van der Waals surface area contributed by atoms with Crippen LogP contribution in [0.1, 0.15) is 28.5 Å². The van der Waals surface area contributed by atoms with Gasteiger partial charge in [0.05, 0.1) is 12.5 Å². The van der Waals surface area contributed by atoms with Crippen LogP contribution in [0.5, 0.6) is 0 Å². The topological polar surface area (TPSA) is 97.1 Å². The van der Waals surface area contributed by atoms with Crippen LogP contribution in [0.3, 0.4) is 0 Å². The second kappa shape index (κ2) is 7.04. The molecular weight excluding hydrogens is 300 g/mol. The molecule has 2 rings (SSSR count). The second-order valence-corrected chi connectivity index (χ2v) is 6.24. The van der Waals surface area contributed by atoms with Crippen LogP contribution in [0.4, 0.5) is 9.93 Å². The van der Waals surface area contributed by atoms with Gasteiger partial charge >= 0.3 is 6.03 Å². The van der Waals surface area contributed by atoms with Crippen molar-refractivity contribution >= 4 is 28.4 Å². The van der Waals surface area contributed by atoms with E-state index in [2.05, 4.69) is 15.6 Å². The van der Waals surface area contributed by atoms with Gasteiger partial charge in [-0.1, -0.05) is 29.8 Å². The first kappa shape index (κ1) is 16.0. The van der Waals surface area contributed by atoms with Crippen molar-refractivity contribution in [3.63, 3.8) is 0 Å². The van der Waals surface area contributed by atoms with Crippen molar-refractivity contribution in [1.29, 1.82) is 0 Å². The first-order valence-electron chi connectivity index (χ1n) is 6.79. The average molecular weight is 318 g/mol. The summed E-state index contributed by atoms with van der Waals surface area (Å²) in [6.45, 7) is 3.86. The van der Waals surface area contributed by atoms with Crippen molar-refractivity contribution in [2.75, 3.05) is 5.32 Å². The zero-order valence-corrected chi connectivity index (χ0v) is 13.2. The van der Waals surface area contributed by atoms with Gasteiger partial charge in [0.25, 0.3) is 0 Å². The largest absolute Gasteiger partial charge is 0.352 e. The Balaban J connectivity index is 2.09. The van der Waals surface area contributed by atoms with Crippen LogP contribution in [-0.2, 0) is 4.79 Å². The van der Waals surface area contributed by atoms with E-state index in [1.54, 1.807) is 6.20 Å². The molecule has 7 heteroatoms. The van der Waals surface area contributed by atoms with Crippen LogP contribution in [0, 0.1) is 13.8 Å². The van der Waals surface area contributed by atoms with Gasteiger partial charge < -0.3 is 16.4 Å². The Kier molecular flexibility index (Phi) is 5.11. The lowest BCUT2D eigenvalue weighted by Gasteiger charge is -2.17. The summed E-state index contributed by atoms with van der Waals surface area (Å²) in [4.78, 5) is 28.4. The molecule has 0 radical (unpaired) electrons. The maximum Gasteiger partial charge on any atom is 0.312 e. The lowest BCUT2D eigenvalue weighted by molar-refractivity contribution is -0.116. The van der Waals surface area contributed by atoms with E-state index >= 15 is 0 Å². The van der Waals surface area contributed by atoms with Crippen LogP contribution in [0.15, 0.2) is 30.5 Å². The minimum absolute atomic E-state index is 0.0883. The highest BCUT2D eigenvalue weighted by Crippen LogP contribution is 2.21. The highest BCUT2D eigenvalue weighted by molar-refractivity contribution is 7.15. The Morgan fingerprint density at radius 3 is 2.73 bits per heavy atom. The number of nitrogens with two attached hydrogens (primary N) is 1. The third-order valence-corrected chi connectivity index (χ3v) is 3.85. The van der Waals surface area contributed by atoms with Crippen LogP contribution in [0.2, 0.25) is 0 Å². The molecule has 0 saturated heterocycles. The van der Waals surface area contributed by atoms with Crippen LogP contribution in [-0.4, -0.2) is 16.9 Å². The van der Waals surface area contributed by atoms with E-state index < -0.39 is 12.1 Å². The van der Waals surface area contributed by atoms with Crippen molar-refractivity contribution in [3.8, 4) is 0 Å². The van der Waals surface area contributed by atoms with Gasteiger partial charge in [0.1, 0.15) is 0 Å². The van der Waals surface area contributed by atoms with E-state index in [1.807, 2.05) is 38.1 Å². The number of carbonyl (C=O) groups is 2. The Bertz CT molecular complexity index is 684. The summed E-state index contributed by atoms with van der Waals surface area (Å²) in [5, 5.41) is 5.88. The van der Waals surface area contributed by atoms with Crippen molar-refractivity contribution in [2.45, 2.75) is 26.3 Å². The zero-order chi connectivity index (χ0) is 16.1. The molecule has 6 nitrogen and oxygen atoms in total. The van der Waals surface area contributed by atoms with Gasteiger partial charge in [0, 0.05) is 11.1 Å². The number of hydrogen-bond acceptors (Lipinski definition) is 4. The summed E-state index contributed by atoms with van der Waals surface area (Å²) in [6.07, 6.45) is 1.78. The van der Waals surface area contributed by atoms with E-state index in [1.165, 1.54) is 11.3 Å². The minimum Gasteiger partial charge on any atom is -0.352 e. The molecule has 1 aromatic heterocycles. The summed E-state index contributed by atoms with van der Waals surface area (Å²) in [7, 11) is 0. The highest BCUT2D eigenvalue weighted by Gasteiger charge is 2.18. The van der Waals surface area contributed by atoms with E-state index in [9.17, 15) is 9.59 Å². The van der Waals surface area contributed by atoms with Gasteiger partial charge in [-0.05, 0) is 19.4 Å². The Hall–Kier alpha value is -2.41. The van der Waals surface area contributed by atoms with Gasteiger partial charge in [0.2, 0.25) is 5.91 Å². The quantitative estimate of drug-likeness (QED) is 0.790. The average Bonchev–Trinajstić information content (AvgIpc) is 2.82. The maximum absolute atomic E-state index is 12.1. The van der Waals surface area contributed by atoms with Gasteiger partial charge in [0.15, 0.2) is 5.13 Å². The Morgan fingerprint density at radius 1 is 1.36 bits per heavy atom. The summed E-state index contributed by atoms with van der Waals surface area (Å²) in [5.41, 5.74) is 7.09. The van der Waals surface area contributed by atoms with E-state index in [0.717, 1.165) is 16.0 Å². The molecule has 0 aliphatic heterocycles. The number of aryl methyl sites for hydroxylation is 2. The van der Waals surface area contributed by atoms with E-state index in [4.69, 9.17) is 5.73 Å². The number of nitrogens with zero attached hydrogens (tertiary/aromatic N) is 1. The van der Waals surface area contributed by atoms with Crippen LogP contribution in [0.25, 0.3) is 0 Å². The lowest BCUT2D eigenvalue weighted by Crippen LogP contribution is -2.35. The van der Waals surface area contributed by atoms with Crippen molar-refractivity contribution in [3.05, 3.63) is 46.5 Å². The third kappa shape index (κ3) is 4.56. The number of rotatable bonds is 5. The molecule has 3 amide bonds. The molecule has 116 valence electrons. The fraction of sp³-hybridized carbons (Fsp3) is 0.267. The van der Waals surface area contributed by atoms with Crippen LogP contribution >= 0.6 is 11.3 Å². The molecule has 0 fully saturated rings. The molecule has 1 heterocycles. The number of benzene rings is 1. The summed E-state index contributed by atoms with van der Waals surface area (Å²) < 4.78 is 0. The smallest absolute Gasteiger partial charge is 0.312 e. The van der Waals surface area contributed by atoms with Crippen molar-refractivity contribution in [2.24, 2.45) is 5.73 Å². The molecule has 1 atom stereocenters. The fourth-order valence-electron chi connectivity index (χ4n) is 2.08. The van der Waals surface area contributed by atoms with Gasteiger partial charge in [-0.3, -0.25) is 4.79 Å². The molecule has 1 aromatic carbocycles. The number of hydrogen-bond donors (Lipinski definition) is 3. The Labute approximate surface area is 132 Å². The molecular formula is C15H18N4O2S. The SMILES string of the molecule is Cc1cccc([C@H](CC(=O)Nc2ncc(C)s2)NC(N)=O)c1. The summed E-state index contributed by atoms with van der Waals surface area (Å²) in [5.74, 6) is -0.227. The number of thiazole rings is 1. The minimum atomic E-state index is -0.663. The maximum atomic E-state index is 12.1. The number of amides is 3. The van der Waals surface area contributed by atoms with Gasteiger partial charge in [-0.15, -0.1) is 11.3 Å². The number of anilines is 1. The first-order valence-corrected chi connectivity index (χ1v) is 7.60. The molecule has 2 aromatic rings. The number of carbonyl (C=O) groups excluding carboxylic acids is 2. The predicted molar refractivity (Wildman–Crippen MR) is 86.7 cm³/mol. The monoisotopic (exact) mass is 318 g/mol. The third-order valence-electron chi connectivity index (χ3n) is 3.02. The summed E-state index contributed by atoms with van der Waals surface area (Å²) >= 11 is 1.40. The number of nitrogens with one attached hydrogen (secondary N) is 2. The van der Waals surface area contributed by atoms with E-state index in [0.29, 0.717) is 5.13 Å². The molecule has 0 aliphatic rings. The standard InChI is InChI=1S/C15H18N4O2S/c1-9-4-3-5-11(6-9)12(18-14(16)21)7-13(20)19-15-17-8-10(2)22-15/h3-6,8,12H,7H2,1-2H3,(H3,16,18,21)(H,17,19,20)/t12-/m0/s1. The molecule has 0 spiro atoms. The van der Waals surface area contributed by atoms with Crippen molar-refractivity contribution in [1.82, 2.24) is 10.3 Å². The highest BCUT2D eigenvalue weighted by atomic mass is 32.1. The zero-order valence-electron chi connectivity index (χ0n) is 12.4. The van der Waals surface area contributed by atoms with Crippen molar-refractivity contribution < 1.29 is 9.59 Å². The molecule has 0 saturated carbocycles. The first-order chi connectivity index (χ1) is 10.4. The molecule has 0 aliphatic carbocycles. The summed E-state index contributed by atoms with van der Waals surface area (Å²) in [6, 6.07) is 6.46. The number of aromatic nitrogens is 1. The number of urea groups is 1. The predicted octanol–water partition coefficient (Wildman–Crippen LogP) is 2.50. The fourth-order valence-corrected chi connectivity index (χ4v) is 2.76. The van der Waals surface area contributed by atoms with Gasteiger partial charge in [-0.2, -0.15) is 0 Å². The van der Waals surface area contributed by atoms with Crippen LogP contribution < -0.4 is 16.4 Å². The number of primary amides is 1. The lowest BCUT2D eigenvalue weighted by atomic mass is 10.0. The second-order valence-electron chi connectivity index (χ2n) is 5.00. The molecule has 0 bridgehead atoms. The molecule has 22 heavy (non-hydrogen) atoms. The normalized spacial score (nSPS) is 11.7.